The number of imidazole rings is 1. The molecule has 5 heteroatoms. The topological polar surface area (TPSA) is 39.8 Å². The van der Waals surface area contributed by atoms with E-state index in [2.05, 4.69) is 34.9 Å². The van der Waals surface area contributed by atoms with Crippen molar-refractivity contribution in [3.8, 4) is 0 Å². The molecule has 0 saturated carbocycles. The molecule has 0 bridgehead atoms. The lowest BCUT2D eigenvalue weighted by Gasteiger charge is -2.07. The Morgan fingerprint density at radius 2 is 2.10 bits per heavy atom. The number of hydrogen-bond donors (Lipinski definition) is 0. The van der Waals surface area contributed by atoms with E-state index in [9.17, 15) is 4.79 Å². The highest BCUT2D eigenvalue weighted by Crippen LogP contribution is 2.21. The Kier molecular flexibility index (Phi) is 5.28. The maximum absolute atomic E-state index is 12.5. The van der Waals surface area contributed by atoms with Crippen LogP contribution in [0.2, 0.25) is 0 Å². The van der Waals surface area contributed by atoms with Crippen molar-refractivity contribution in [2.75, 3.05) is 5.75 Å². The minimum absolute atomic E-state index is 0.182. The highest BCUT2D eigenvalue weighted by Gasteiger charge is 2.16. The zero-order valence-corrected chi connectivity index (χ0v) is 14.0. The zero-order valence-electron chi connectivity index (χ0n) is 13.2. The number of ketones is 1. The molecule has 0 N–H and O–H groups in total. The fourth-order valence-corrected chi connectivity index (χ4v) is 3.44. The lowest BCUT2D eigenvalue weighted by atomic mass is 10.2. The number of carbonyl (C=O) groups excluding carboxylic acids is 1. The third kappa shape index (κ3) is 3.40. The first kappa shape index (κ1) is 15.9. The third-order valence-corrected chi connectivity index (χ3v) is 4.68. The number of carbonyl (C=O) groups is 1. The van der Waals surface area contributed by atoms with Crippen LogP contribution in [0.4, 0.5) is 0 Å². The van der Waals surface area contributed by atoms with Crippen LogP contribution in [0, 0.1) is 13.8 Å². The minimum Gasteiger partial charge on any atom is -0.348 e. The van der Waals surface area contributed by atoms with E-state index >= 15 is 0 Å². The maximum atomic E-state index is 12.5. The SMILES string of the molecule is CCCn1c(C)cc(C(=O)CSc2nccn2CC)c1C. The van der Waals surface area contributed by atoms with E-state index in [1.807, 2.05) is 19.2 Å². The molecule has 0 aliphatic rings. The molecule has 21 heavy (non-hydrogen) atoms. The van der Waals surface area contributed by atoms with Gasteiger partial charge in [-0.05, 0) is 33.3 Å². The first-order valence-electron chi connectivity index (χ1n) is 7.42. The molecule has 4 nitrogen and oxygen atoms in total. The van der Waals surface area contributed by atoms with Crippen molar-refractivity contribution in [1.82, 2.24) is 14.1 Å². The third-order valence-electron chi connectivity index (χ3n) is 3.67. The number of aryl methyl sites for hydroxylation is 2. The average molecular weight is 305 g/mol. The maximum Gasteiger partial charge on any atom is 0.175 e. The largest absolute Gasteiger partial charge is 0.348 e. The first-order chi connectivity index (χ1) is 10.1. The number of Topliss-reactive ketones (excluding diaryl/α,β-unsaturated/α-hetero) is 1. The number of nitrogens with zero attached hydrogens (tertiary/aromatic N) is 3. The summed E-state index contributed by atoms with van der Waals surface area (Å²) in [5.74, 6) is 0.620. The number of thioether (sulfide) groups is 1. The van der Waals surface area contributed by atoms with Crippen molar-refractivity contribution in [3.05, 3.63) is 35.4 Å². The summed E-state index contributed by atoms with van der Waals surface area (Å²) in [5, 5.41) is 0.910. The summed E-state index contributed by atoms with van der Waals surface area (Å²) in [7, 11) is 0. The van der Waals surface area contributed by atoms with Gasteiger partial charge >= 0.3 is 0 Å². The van der Waals surface area contributed by atoms with Crippen LogP contribution in [-0.4, -0.2) is 25.7 Å². The van der Waals surface area contributed by atoms with Gasteiger partial charge in [0, 0.05) is 42.4 Å². The van der Waals surface area contributed by atoms with Crippen LogP contribution in [0.15, 0.2) is 23.6 Å². The van der Waals surface area contributed by atoms with Crippen molar-refractivity contribution in [1.29, 1.82) is 0 Å². The van der Waals surface area contributed by atoms with Crippen molar-refractivity contribution >= 4 is 17.5 Å². The Morgan fingerprint density at radius 3 is 2.76 bits per heavy atom. The van der Waals surface area contributed by atoms with Gasteiger partial charge in [0.05, 0.1) is 5.75 Å². The van der Waals surface area contributed by atoms with Crippen LogP contribution in [-0.2, 0) is 13.1 Å². The quantitative estimate of drug-likeness (QED) is 0.578. The van der Waals surface area contributed by atoms with Gasteiger partial charge in [0.25, 0.3) is 0 Å². The zero-order chi connectivity index (χ0) is 15.4. The molecular weight excluding hydrogens is 282 g/mol. The van der Waals surface area contributed by atoms with Gasteiger partial charge in [-0.3, -0.25) is 4.79 Å². The Morgan fingerprint density at radius 1 is 1.33 bits per heavy atom. The number of hydrogen-bond acceptors (Lipinski definition) is 3. The predicted molar refractivity (Wildman–Crippen MR) is 87.2 cm³/mol. The molecular formula is C16H23N3OS. The van der Waals surface area contributed by atoms with Crippen LogP contribution in [0.1, 0.15) is 42.0 Å². The van der Waals surface area contributed by atoms with E-state index < -0.39 is 0 Å². The first-order valence-corrected chi connectivity index (χ1v) is 8.40. The number of aromatic nitrogens is 3. The Labute approximate surface area is 130 Å². The molecule has 2 heterocycles. The van der Waals surface area contributed by atoms with Crippen LogP contribution >= 0.6 is 11.8 Å². The molecule has 114 valence electrons. The standard InChI is InChI=1S/C16H23N3OS/c1-5-8-19-12(3)10-14(13(19)4)15(20)11-21-16-17-7-9-18(16)6-2/h7,9-10H,5-6,8,11H2,1-4H3. The molecule has 0 unspecified atom stereocenters. The van der Waals surface area contributed by atoms with Crippen LogP contribution < -0.4 is 0 Å². The molecule has 0 atom stereocenters. The lowest BCUT2D eigenvalue weighted by Crippen LogP contribution is -2.07. The molecule has 0 fully saturated rings. The van der Waals surface area contributed by atoms with Crippen molar-refractivity contribution in [3.63, 3.8) is 0 Å². The Balaban J connectivity index is 2.09. The highest BCUT2D eigenvalue weighted by atomic mass is 32.2. The summed E-state index contributed by atoms with van der Waals surface area (Å²) in [5.41, 5.74) is 3.10. The average Bonchev–Trinajstić information content (AvgIpc) is 3.04. The van der Waals surface area contributed by atoms with Crippen molar-refractivity contribution in [2.24, 2.45) is 0 Å². The highest BCUT2D eigenvalue weighted by molar-refractivity contribution is 7.99. The Hall–Kier alpha value is -1.49. The van der Waals surface area contributed by atoms with Crippen LogP contribution in [0.3, 0.4) is 0 Å². The molecule has 0 amide bonds. The predicted octanol–water partition coefficient (Wildman–Crippen LogP) is 3.71. The minimum atomic E-state index is 0.182. The second-order valence-electron chi connectivity index (χ2n) is 5.14. The van der Waals surface area contributed by atoms with E-state index in [0.717, 1.165) is 41.6 Å². The van der Waals surface area contributed by atoms with Crippen LogP contribution in [0.25, 0.3) is 0 Å². The van der Waals surface area contributed by atoms with Crippen LogP contribution in [0.5, 0.6) is 0 Å². The second-order valence-corrected chi connectivity index (χ2v) is 6.09. The molecule has 2 rings (SSSR count). The molecule has 0 aromatic carbocycles. The summed E-state index contributed by atoms with van der Waals surface area (Å²) >= 11 is 1.51. The van der Waals surface area contributed by atoms with E-state index in [0.29, 0.717) is 5.75 Å². The molecule has 0 spiro atoms. The normalized spacial score (nSPS) is 11.0. The van der Waals surface area contributed by atoms with Gasteiger partial charge in [-0.15, -0.1) is 0 Å². The fourth-order valence-electron chi connectivity index (χ4n) is 2.54. The summed E-state index contributed by atoms with van der Waals surface area (Å²) in [6.45, 7) is 10.2. The smallest absolute Gasteiger partial charge is 0.175 e. The summed E-state index contributed by atoms with van der Waals surface area (Å²) in [6, 6.07) is 2.01. The van der Waals surface area contributed by atoms with Gasteiger partial charge in [0.15, 0.2) is 10.9 Å². The fraction of sp³-hybridized carbons (Fsp3) is 0.500. The van der Waals surface area contributed by atoms with E-state index in [1.165, 1.54) is 11.8 Å². The Bertz CT molecular complexity index is 628. The van der Waals surface area contributed by atoms with Gasteiger partial charge in [-0.25, -0.2) is 4.98 Å². The van der Waals surface area contributed by atoms with Gasteiger partial charge in [0.1, 0.15) is 0 Å². The van der Waals surface area contributed by atoms with Gasteiger partial charge in [0.2, 0.25) is 0 Å². The molecule has 0 aliphatic carbocycles. The van der Waals surface area contributed by atoms with Gasteiger partial charge in [-0.1, -0.05) is 18.7 Å². The van der Waals surface area contributed by atoms with E-state index in [1.54, 1.807) is 6.20 Å². The molecule has 0 aliphatic heterocycles. The summed E-state index contributed by atoms with van der Waals surface area (Å²) in [6.07, 6.45) is 4.80. The van der Waals surface area contributed by atoms with E-state index in [-0.39, 0.29) is 5.78 Å². The molecule has 0 radical (unpaired) electrons. The van der Waals surface area contributed by atoms with Crippen molar-refractivity contribution in [2.45, 2.75) is 52.4 Å². The monoisotopic (exact) mass is 305 g/mol. The number of rotatable bonds is 7. The van der Waals surface area contributed by atoms with Gasteiger partial charge in [-0.2, -0.15) is 0 Å². The summed E-state index contributed by atoms with van der Waals surface area (Å²) < 4.78 is 4.28. The van der Waals surface area contributed by atoms with E-state index in [4.69, 9.17) is 0 Å². The lowest BCUT2D eigenvalue weighted by molar-refractivity contribution is 0.102. The molecule has 2 aromatic rings. The second kappa shape index (κ2) is 6.98. The summed E-state index contributed by atoms with van der Waals surface area (Å²) in [4.78, 5) is 16.8. The molecule has 2 aromatic heterocycles. The molecule has 0 saturated heterocycles. The van der Waals surface area contributed by atoms with Crippen molar-refractivity contribution < 1.29 is 4.79 Å². The van der Waals surface area contributed by atoms with Gasteiger partial charge < -0.3 is 9.13 Å².